The quantitative estimate of drug-likeness (QED) is 0.440. The predicted octanol–water partition coefficient (Wildman–Crippen LogP) is 5.33. The molecule has 0 aliphatic carbocycles. The normalized spacial score (nSPS) is 15.2. The molecule has 4 nitrogen and oxygen atoms in total. The van der Waals surface area contributed by atoms with Crippen LogP contribution in [0.1, 0.15) is 5.56 Å². The Morgan fingerprint density at radius 3 is 2.22 bits per heavy atom. The third-order valence-corrected chi connectivity index (χ3v) is 7.18. The van der Waals surface area contributed by atoms with E-state index in [9.17, 15) is 4.39 Å². The highest BCUT2D eigenvalue weighted by atomic mass is 35.5. The summed E-state index contributed by atoms with van der Waals surface area (Å²) in [6, 6.07) is 9.06. The Bertz CT molecular complexity index is 1150. The molecule has 2 aromatic heterocycles. The number of fused-ring (bicyclic) bond motifs is 2. The minimum atomic E-state index is -0.253. The van der Waals surface area contributed by atoms with Crippen LogP contribution in [0.5, 0.6) is 0 Å². The van der Waals surface area contributed by atoms with Crippen LogP contribution in [0.15, 0.2) is 30.3 Å². The van der Waals surface area contributed by atoms with Crippen LogP contribution in [-0.4, -0.2) is 36.1 Å². The first-order valence-electron chi connectivity index (χ1n) is 8.70. The number of para-hydroxylation sites is 1. The number of nitrogens with zero attached hydrogens (tertiary/aromatic N) is 4. The molecule has 0 spiro atoms. The van der Waals surface area contributed by atoms with Crippen LogP contribution in [0.4, 0.5) is 14.7 Å². The van der Waals surface area contributed by atoms with Crippen molar-refractivity contribution in [1.82, 2.24) is 9.97 Å². The smallest absolute Gasteiger partial charge is 0.186 e. The number of piperazine rings is 1. The van der Waals surface area contributed by atoms with Crippen molar-refractivity contribution in [1.29, 1.82) is 0 Å². The molecule has 0 bridgehead atoms. The molecule has 2 aromatic carbocycles. The zero-order valence-electron chi connectivity index (χ0n) is 14.6. The topological polar surface area (TPSA) is 32.3 Å². The number of thiazole rings is 2. The van der Waals surface area contributed by atoms with E-state index in [0.29, 0.717) is 5.52 Å². The van der Waals surface area contributed by atoms with E-state index in [1.165, 1.54) is 6.07 Å². The van der Waals surface area contributed by atoms with Gasteiger partial charge in [-0.05, 0) is 36.8 Å². The zero-order chi connectivity index (χ0) is 18.5. The first kappa shape index (κ1) is 17.2. The third-order valence-electron chi connectivity index (χ3n) is 4.82. The Kier molecular flexibility index (Phi) is 4.18. The van der Waals surface area contributed by atoms with E-state index in [4.69, 9.17) is 16.6 Å². The first-order chi connectivity index (χ1) is 13.1. The van der Waals surface area contributed by atoms with Crippen molar-refractivity contribution >= 4 is 65.0 Å². The van der Waals surface area contributed by atoms with Crippen molar-refractivity contribution in [3.8, 4) is 0 Å². The molecule has 1 aliphatic heterocycles. The average Bonchev–Trinajstić information content (AvgIpc) is 3.27. The monoisotopic (exact) mass is 418 g/mol. The molecule has 1 fully saturated rings. The van der Waals surface area contributed by atoms with Gasteiger partial charge < -0.3 is 9.80 Å². The van der Waals surface area contributed by atoms with Crippen molar-refractivity contribution in [2.45, 2.75) is 6.92 Å². The highest BCUT2D eigenvalue weighted by Gasteiger charge is 2.23. The standard InChI is InChI=1S/C19H16ClFN4S2/c1-11-9-12(20)10-15-16(11)22-18(27-15)24-5-7-25(8-6-24)19-23-17-13(21)3-2-4-14(17)26-19/h2-4,9-10H,5-8H2,1H3. The highest BCUT2D eigenvalue weighted by Crippen LogP contribution is 2.35. The van der Waals surface area contributed by atoms with E-state index in [-0.39, 0.29) is 5.82 Å². The van der Waals surface area contributed by atoms with Gasteiger partial charge in [0.15, 0.2) is 10.3 Å². The Morgan fingerprint density at radius 1 is 0.926 bits per heavy atom. The number of aryl methyl sites for hydroxylation is 1. The van der Waals surface area contributed by atoms with Crippen molar-refractivity contribution in [3.63, 3.8) is 0 Å². The molecule has 0 amide bonds. The SMILES string of the molecule is Cc1cc(Cl)cc2sc(N3CCN(c4nc5c(F)cccc5s4)CC3)nc12. The van der Waals surface area contributed by atoms with Gasteiger partial charge in [-0.1, -0.05) is 40.3 Å². The maximum absolute atomic E-state index is 13.9. The van der Waals surface area contributed by atoms with Gasteiger partial charge in [0, 0.05) is 31.2 Å². The van der Waals surface area contributed by atoms with E-state index >= 15 is 0 Å². The molecule has 27 heavy (non-hydrogen) atoms. The van der Waals surface area contributed by atoms with E-state index < -0.39 is 0 Å². The molecule has 1 saturated heterocycles. The lowest BCUT2D eigenvalue weighted by atomic mass is 10.2. The van der Waals surface area contributed by atoms with Crippen LogP contribution in [-0.2, 0) is 0 Å². The first-order valence-corrected chi connectivity index (χ1v) is 10.7. The Hall–Kier alpha value is -1.96. The number of rotatable bonds is 2. The van der Waals surface area contributed by atoms with Crippen molar-refractivity contribution < 1.29 is 4.39 Å². The van der Waals surface area contributed by atoms with Gasteiger partial charge in [-0.3, -0.25) is 0 Å². The van der Waals surface area contributed by atoms with Gasteiger partial charge in [-0.15, -0.1) is 0 Å². The maximum Gasteiger partial charge on any atom is 0.186 e. The molecule has 5 rings (SSSR count). The second kappa shape index (κ2) is 6.58. The number of hydrogen-bond acceptors (Lipinski definition) is 6. The molecule has 1 aliphatic rings. The van der Waals surface area contributed by atoms with Crippen molar-refractivity contribution in [2.75, 3.05) is 36.0 Å². The van der Waals surface area contributed by atoms with Crippen LogP contribution >= 0.6 is 34.3 Å². The van der Waals surface area contributed by atoms with Gasteiger partial charge in [-0.2, -0.15) is 0 Å². The number of benzene rings is 2. The largest absolute Gasteiger partial charge is 0.345 e. The van der Waals surface area contributed by atoms with E-state index in [2.05, 4.69) is 14.8 Å². The highest BCUT2D eigenvalue weighted by molar-refractivity contribution is 7.22. The molecule has 0 atom stereocenters. The zero-order valence-corrected chi connectivity index (χ0v) is 17.0. The van der Waals surface area contributed by atoms with Gasteiger partial charge in [0.25, 0.3) is 0 Å². The third kappa shape index (κ3) is 3.03. The van der Waals surface area contributed by atoms with Gasteiger partial charge in [0.2, 0.25) is 0 Å². The minimum Gasteiger partial charge on any atom is -0.345 e. The number of anilines is 2. The molecule has 4 aromatic rings. The lowest BCUT2D eigenvalue weighted by molar-refractivity contribution is 0.635. The number of hydrogen-bond donors (Lipinski definition) is 0. The van der Waals surface area contributed by atoms with Crippen LogP contribution in [0.25, 0.3) is 20.4 Å². The maximum atomic E-state index is 13.9. The van der Waals surface area contributed by atoms with Crippen LogP contribution in [0.2, 0.25) is 5.02 Å². The summed E-state index contributed by atoms with van der Waals surface area (Å²) in [5, 5.41) is 2.68. The Morgan fingerprint density at radius 2 is 1.56 bits per heavy atom. The molecule has 8 heteroatoms. The molecule has 0 N–H and O–H groups in total. The Labute approximate surface area is 168 Å². The fraction of sp³-hybridized carbons (Fsp3) is 0.263. The molecular weight excluding hydrogens is 403 g/mol. The van der Waals surface area contributed by atoms with E-state index in [1.54, 1.807) is 28.7 Å². The minimum absolute atomic E-state index is 0.253. The fourth-order valence-electron chi connectivity index (χ4n) is 3.41. The van der Waals surface area contributed by atoms with Crippen molar-refractivity contribution in [3.05, 3.63) is 46.7 Å². The molecule has 138 valence electrons. The summed E-state index contributed by atoms with van der Waals surface area (Å²) in [4.78, 5) is 13.9. The van der Waals surface area contributed by atoms with Gasteiger partial charge in [0.05, 0.1) is 14.9 Å². The summed E-state index contributed by atoms with van der Waals surface area (Å²) in [6.07, 6.45) is 0. The molecule has 0 saturated carbocycles. The summed E-state index contributed by atoms with van der Waals surface area (Å²) in [7, 11) is 0. The summed E-state index contributed by atoms with van der Waals surface area (Å²) in [5.41, 5.74) is 2.61. The molecule has 3 heterocycles. The summed E-state index contributed by atoms with van der Waals surface area (Å²) in [5.74, 6) is -0.253. The molecule has 0 unspecified atom stereocenters. The summed E-state index contributed by atoms with van der Waals surface area (Å²) >= 11 is 9.41. The summed E-state index contributed by atoms with van der Waals surface area (Å²) in [6.45, 7) is 5.46. The van der Waals surface area contributed by atoms with Crippen LogP contribution < -0.4 is 9.80 Å². The second-order valence-corrected chi connectivity index (χ2v) is 9.08. The van der Waals surface area contributed by atoms with Crippen molar-refractivity contribution in [2.24, 2.45) is 0 Å². The van der Waals surface area contributed by atoms with E-state index in [1.807, 2.05) is 25.1 Å². The predicted molar refractivity (Wildman–Crippen MR) is 113 cm³/mol. The van der Waals surface area contributed by atoms with Gasteiger partial charge in [-0.25, -0.2) is 14.4 Å². The lowest BCUT2D eigenvalue weighted by Crippen LogP contribution is -2.46. The Balaban J connectivity index is 1.36. The van der Waals surface area contributed by atoms with Gasteiger partial charge >= 0.3 is 0 Å². The fourth-order valence-corrected chi connectivity index (χ4v) is 5.91. The molecular formula is C19H16ClFN4S2. The summed E-state index contributed by atoms with van der Waals surface area (Å²) < 4.78 is 15.9. The lowest BCUT2D eigenvalue weighted by Gasteiger charge is -2.34. The van der Waals surface area contributed by atoms with E-state index in [0.717, 1.165) is 61.9 Å². The average molecular weight is 419 g/mol. The second-order valence-electron chi connectivity index (χ2n) is 6.62. The van der Waals surface area contributed by atoms with Crippen LogP contribution in [0, 0.1) is 12.7 Å². The molecule has 0 radical (unpaired) electrons. The number of aromatic nitrogens is 2. The van der Waals surface area contributed by atoms with Crippen LogP contribution in [0.3, 0.4) is 0 Å². The number of halogens is 2. The van der Waals surface area contributed by atoms with Gasteiger partial charge in [0.1, 0.15) is 11.3 Å².